The van der Waals surface area contributed by atoms with Gasteiger partial charge in [0.25, 0.3) is 0 Å². The van der Waals surface area contributed by atoms with Crippen LogP contribution in [0.15, 0.2) is 303 Å². The summed E-state index contributed by atoms with van der Waals surface area (Å²) in [6, 6.07) is 111. The lowest BCUT2D eigenvalue weighted by Crippen LogP contribution is -2.09. The molecule has 1 aromatic heterocycles. The van der Waals surface area contributed by atoms with E-state index in [-0.39, 0.29) is 0 Å². The lowest BCUT2D eigenvalue weighted by Gasteiger charge is -2.26. The van der Waals surface area contributed by atoms with Crippen molar-refractivity contribution in [1.29, 1.82) is 0 Å². The number of para-hydroxylation sites is 2. The molecule has 0 aliphatic carbocycles. The number of hydrogen-bond donors (Lipinski definition) is 0. The van der Waals surface area contributed by atoms with Gasteiger partial charge in [-0.05, 0) is 161 Å². The molecule has 0 spiro atoms. The molecular weight excluding hydrogens is 917 g/mol. The molecule has 1 heterocycles. The second-order valence-electron chi connectivity index (χ2n) is 19.6. The van der Waals surface area contributed by atoms with Crippen molar-refractivity contribution >= 4 is 60.4 Å². The van der Waals surface area contributed by atoms with Gasteiger partial charge in [0.1, 0.15) is 0 Å². The minimum absolute atomic E-state index is 1.09. The molecule has 0 saturated carbocycles. The van der Waals surface area contributed by atoms with Gasteiger partial charge in [-0.2, -0.15) is 0 Å². The predicted molar refractivity (Wildman–Crippen MR) is 323 cm³/mol. The fourth-order valence-corrected chi connectivity index (χ4v) is 11.6. The standard InChI is InChI=1S/C74H50N2/c1-3-19-51(20-4-1)63-29-11-12-30-66(63)54-37-42-60(43-38-54)75(59-25-5-2-6-26-59)61-44-39-55(40-45-61)67-31-13-14-32-68(67)56-41-46-74-72(50-56)71-33-15-16-36-73(71)76(74)62-48-57(69-34-17-23-52-21-7-9-27-64(52)69)47-58(49-62)70-35-18-24-53-22-8-10-28-65(53)70/h1-50H. The van der Waals surface area contributed by atoms with E-state index in [4.69, 9.17) is 0 Å². The lowest BCUT2D eigenvalue weighted by atomic mass is 9.92. The topological polar surface area (TPSA) is 8.17 Å². The van der Waals surface area contributed by atoms with E-state index < -0.39 is 0 Å². The normalized spacial score (nSPS) is 11.4. The predicted octanol–water partition coefficient (Wildman–Crippen LogP) is 20.6. The molecule has 0 atom stereocenters. The second-order valence-corrected chi connectivity index (χ2v) is 19.6. The Labute approximate surface area is 443 Å². The Morgan fingerprint density at radius 3 is 1.14 bits per heavy atom. The summed E-state index contributed by atoms with van der Waals surface area (Å²) in [5, 5.41) is 7.38. The maximum atomic E-state index is 2.47. The van der Waals surface area contributed by atoms with Crippen LogP contribution in [0.1, 0.15) is 0 Å². The maximum absolute atomic E-state index is 2.47. The highest BCUT2D eigenvalue weighted by atomic mass is 15.1. The number of rotatable bonds is 10. The van der Waals surface area contributed by atoms with Crippen molar-refractivity contribution in [1.82, 2.24) is 4.57 Å². The van der Waals surface area contributed by atoms with E-state index in [2.05, 4.69) is 313 Å². The Morgan fingerprint density at radius 2 is 0.592 bits per heavy atom. The van der Waals surface area contributed by atoms with Crippen molar-refractivity contribution in [2.45, 2.75) is 0 Å². The van der Waals surface area contributed by atoms with Gasteiger partial charge in [-0.3, -0.25) is 0 Å². The molecule has 0 N–H and O–H groups in total. The summed E-state index contributed by atoms with van der Waals surface area (Å²) in [5.41, 5.74) is 21.1. The molecule has 0 unspecified atom stereocenters. The summed E-state index contributed by atoms with van der Waals surface area (Å²) in [6.07, 6.45) is 0. The van der Waals surface area contributed by atoms with Gasteiger partial charge in [-0.15, -0.1) is 0 Å². The van der Waals surface area contributed by atoms with E-state index >= 15 is 0 Å². The van der Waals surface area contributed by atoms with Gasteiger partial charge >= 0.3 is 0 Å². The van der Waals surface area contributed by atoms with Crippen molar-refractivity contribution in [3.63, 3.8) is 0 Å². The molecular formula is C74H50N2. The number of fused-ring (bicyclic) bond motifs is 5. The van der Waals surface area contributed by atoms with E-state index in [1.165, 1.54) is 105 Å². The summed E-state index contributed by atoms with van der Waals surface area (Å²) >= 11 is 0. The first-order valence-electron chi connectivity index (χ1n) is 26.2. The molecule has 2 nitrogen and oxygen atoms in total. The van der Waals surface area contributed by atoms with Crippen LogP contribution in [0, 0.1) is 0 Å². The smallest absolute Gasteiger partial charge is 0.0541 e. The van der Waals surface area contributed by atoms with Crippen molar-refractivity contribution in [3.05, 3.63) is 303 Å². The zero-order valence-corrected chi connectivity index (χ0v) is 41.8. The fraction of sp³-hybridized carbons (Fsp3) is 0. The molecule has 0 aliphatic rings. The first-order valence-corrected chi connectivity index (χ1v) is 26.2. The van der Waals surface area contributed by atoms with Crippen molar-refractivity contribution in [2.24, 2.45) is 0 Å². The van der Waals surface area contributed by atoms with Crippen LogP contribution in [0.25, 0.3) is 116 Å². The molecule has 0 amide bonds. The van der Waals surface area contributed by atoms with Crippen molar-refractivity contribution in [2.75, 3.05) is 4.90 Å². The zero-order chi connectivity index (χ0) is 50.4. The number of aromatic nitrogens is 1. The molecule has 0 bridgehead atoms. The minimum atomic E-state index is 1.09. The van der Waals surface area contributed by atoms with Gasteiger partial charge in [0.15, 0.2) is 0 Å². The van der Waals surface area contributed by atoms with Crippen molar-refractivity contribution in [3.8, 4) is 72.4 Å². The van der Waals surface area contributed by atoms with Crippen LogP contribution in [0.5, 0.6) is 0 Å². The molecule has 0 fully saturated rings. The van der Waals surface area contributed by atoms with E-state index in [9.17, 15) is 0 Å². The third-order valence-corrected chi connectivity index (χ3v) is 15.2. The molecule has 0 saturated heterocycles. The molecule has 0 aliphatic heterocycles. The summed E-state index contributed by atoms with van der Waals surface area (Å²) in [7, 11) is 0. The van der Waals surface area contributed by atoms with E-state index in [0.717, 1.165) is 28.3 Å². The lowest BCUT2D eigenvalue weighted by molar-refractivity contribution is 1.18. The molecule has 2 heteroatoms. The summed E-state index contributed by atoms with van der Waals surface area (Å²) in [5.74, 6) is 0. The Hall–Kier alpha value is -10.0. The Bertz CT molecular complexity index is 4330. The highest BCUT2D eigenvalue weighted by Gasteiger charge is 2.19. The second kappa shape index (κ2) is 19.1. The molecule has 76 heavy (non-hydrogen) atoms. The molecule has 13 aromatic carbocycles. The van der Waals surface area contributed by atoms with Gasteiger partial charge in [0, 0.05) is 33.5 Å². The van der Waals surface area contributed by atoms with Crippen molar-refractivity contribution < 1.29 is 0 Å². The van der Waals surface area contributed by atoms with Gasteiger partial charge < -0.3 is 9.47 Å². The van der Waals surface area contributed by atoms with Crippen LogP contribution in [0.4, 0.5) is 17.1 Å². The number of anilines is 3. The van der Waals surface area contributed by atoms with Gasteiger partial charge in [0.05, 0.1) is 11.0 Å². The third kappa shape index (κ3) is 8.01. The maximum Gasteiger partial charge on any atom is 0.0541 e. The minimum Gasteiger partial charge on any atom is -0.311 e. The molecule has 14 aromatic rings. The fourth-order valence-electron chi connectivity index (χ4n) is 11.6. The molecule has 0 radical (unpaired) electrons. The van der Waals surface area contributed by atoms with Crippen LogP contribution in [-0.2, 0) is 0 Å². The van der Waals surface area contributed by atoms with Crippen LogP contribution in [0.3, 0.4) is 0 Å². The summed E-state index contributed by atoms with van der Waals surface area (Å²) < 4.78 is 2.47. The van der Waals surface area contributed by atoms with Crippen LogP contribution in [0.2, 0.25) is 0 Å². The number of hydrogen-bond acceptors (Lipinski definition) is 1. The van der Waals surface area contributed by atoms with E-state index in [1.54, 1.807) is 0 Å². The highest BCUT2D eigenvalue weighted by molar-refractivity contribution is 6.11. The highest BCUT2D eigenvalue weighted by Crippen LogP contribution is 2.43. The molecule has 356 valence electrons. The Kier molecular flexibility index (Phi) is 11.2. The average Bonchev–Trinajstić information content (AvgIpc) is 3.85. The average molecular weight is 967 g/mol. The first kappa shape index (κ1) is 44.7. The third-order valence-electron chi connectivity index (χ3n) is 15.2. The Balaban J connectivity index is 0.851. The number of nitrogens with zero attached hydrogens (tertiary/aromatic N) is 2. The van der Waals surface area contributed by atoms with Crippen LogP contribution < -0.4 is 4.90 Å². The summed E-state index contributed by atoms with van der Waals surface area (Å²) in [6.45, 7) is 0. The SMILES string of the molecule is c1ccc(-c2ccccc2-c2ccc(N(c3ccccc3)c3ccc(-c4ccccc4-c4ccc5c(c4)c4ccccc4n5-c4cc(-c5cccc6ccccc56)cc(-c5cccc6ccccc56)c4)cc3)cc2)cc1. The quantitative estimate of drug-likeness (QED) is 0.133. The largest absolute Gasteiger partial charge is 0.311 e. The van der Waals surface area contributed by atoms with Gasteiger partial charge in [-0.1, -0.05) is 231 Å². The van der Waals surface area contributed by atoms with E-state index in [0.29, 0.717) is 0 Å². The number of benzene rings is 13. The van der Waals surface area contributed by atoms with Crippen LogP contribution in [-0.4, -0.2) is 4.57 Å². The Morgan fingerprint density at radius 1 is 0.211 bits per heavy atom. The zero-order valence-electron chi connectivity index (χ0n) is 41.8. The van der Waals surface area contributed by atoms with E-state index in [1.807, 2.05) is 0 Å². The summed E-state index contributed by atoms with van der Waals surface area (Å²) in [4.78, 5) is 2.34. The monoisotopic (exact) mass is 966 g/mol. The molecule has 14 rings (SSSR count). The first-order chi connectivity index (χ1) is 37.7. The van der Waals surface area contributed by atoms with Gasteiger partial charge in [-0.25, -0.2) is 0 Å². The van der Waals surface area contributed by atoms with Gasteiger partial charge in [0.2, 0.25) is 0 Å². The van der Waals surface area contributed by atoms with Crippen LogP contribution >= 0.6 is 0 Å².